The molecule has 0 amide bonds. The zero-order valence-corrected chi connectivity index (χ0v) is 9.15. The molecule has 14 heavy (non-hydrogen) atoms. The maximum absolute atomic E-state index is 5.68. The molecule has 1 saturated heterocycles. The Morgan fingerprint density at radius 1 is 1.21 bits per heavy atom. The molecule has 78 valence electrons. The van der Waals surface area contributed by atoms with E-state index in [9.17, 15) is 0 Å². The molecule has 1 fully saturated rings. The Hall–Kier alpha value is -0.610. The zero-order chi connectivity index (χ0) is 10.3. The van der Waals surface area contributed by atoms with Crippen LogP contribution in [0.5, 0.6) is 0 Å². The third kappa shape index (κ3) is 1.53. The van der Waals surface area contributed by atoms with E-state index in [1.54, 1.807) is 0 Å². The highest BCUT2D eigenvalue weighted by molar-refractivity contribution is 6.28. The molecule has 0 aromatic carbocycles. The Labute approximate surface area is 87.6 Å². The van der Waals surface area contributed by atoms with Gasteiger partial charge in [0.1, 0.15) is 0 Å². The molecule has 4 atom stereocenters. The summed E-state index contributed by atoms with van der Waals surface area (Å²) in [4.78, 5) is 4.04. The summed E-state index contributed by atoms with van der Waals surface area (Å²) in [6, 6.07) is 0. The van der Waals surface area contributed by atoms with Crippen LogP contribution >= 0.6 is 11.6 Å². The number of ether oxygens (including phenoxy) is 1. The molecule has 0 aliphatic carbocycles. The van der Waals surface area contributed by atoms with Gasteiger partial charge in [-0.15, -0.1) is 0 Å². The van der Waals surface area contributed by atoms with Crippen LogP contribution in [0.2, 0.25) is 5.28 Å². The van der Waals surface area contributed by atoms with Crippen molar-refractivity contribution in [3.05, 3.63) is 11.2 Å². The predicted octanol–water partition coefficient (Wildman–Crippen LogP) is 2.25. The lowest BCUT2D eigenvalue weighted by Gasteiger charge is -2.12. The lowest BCUT2D eigenvalue weighted by molar-refractivity contribution is 0.0542. The van der Waals surface area contributed by atoms with Crippen LogP contribution in [0.15, 0.2) is 4.52 Å². The molecule has 1 aromatic rings. The van der Waals surface area contributed by atoms with E-state index < -0.39 is 0 Å². The fraction of sp³-hybridized carbons (Fsp3) is 0.778. The van der Waals surface area contributed by atoms with Crippen LogP contribution in [0.1, 0.15) is 32.6 Å². The molecule has 0 bridgehead atoms. The summed E-state index contributed by atoms with van der Waals surface area (Å²) in [5.74, 6) is 1.12. The van der Waals surface area contributed by atoms with E-state index in [0.29, 0.717) is 11.8 Å². The standard InChI is InChI=1S/C9H13ClN2O2/c1-4-5(2)13-6(3)7(4)8-11-9(10)12-14-8/h4-7H,1-3H3. The normalized spacial score (nSPS) is 37.7. The first-order chi connectivity index (χ1) is 6.59. The van der Waals surface area contributed by atoms with Crippen molar-refractivity contribution in [2.24, 2.45) is 5.92 Å². The summed E-state index contributed by atoms with van der Waals surface area (Å²) in [5, 5.41) is 3.74. The molecule has 4 unspecified atom stereocenters. The Morgan fingerprint density at radius 3 is 2.36 bits per heavy atom. The van der Waals surface area contributed by atoms with Crippen molar-refractivity contribution in [3.63, 3.8) is 0 Å². The van der Waals surface area contributed by atoms with Crippen LogP contribution < -0.4 is 0 Å². The Balaban J connectivity index is 2.25. The first-order valence-corrected chi connectivity index (χ1v) is 5.12. The Kier molecular flexibility index (Phi) is 2.49. The SMILES string of the molecule is CC1OC(C)C(c2nc(Cl)no2)C1C. The van der Waals surface area contributed by atoms with Gasteiger partial charge in [-0.2, -0.15) is 4.98 Å². The van der Waals surface area contributed by atoms with E-state index in [0.717, 1.165) is 0 Å². The quantitative estimate of drug-likeness (QED) is 0.723. The summed E-state index contributed by atoms with van der Waals surface area (Å²) in [6.45, 7) is 6.19. The molecular weight excluding hydrogens is 204 g/mol. The summed E-state index contributed by atoms with van der Waals surface area (Å²) >= 11 is 5.61. The predicted molar refractivity (Wildman–Crippen MR) is 51.2 cm³/mol. The largest absolute Gasteiger partial charge is 0.374 e. The van der Waals surface area contributed by atoms with E-state index >= 15 is 0 Å². The van der Waals surface area contributed by atoms with E-state index in [-0.39, 0.29) is 23.4 Å². The van der Waals surface area contributed by atoms with Crippen molar-refractivity contribution in [1.29, 1.82) is 0 Å². The minimum Gasteiger partial charge on any atom is -0.374 e. The lowest BCUT2D eigenvalue weighted by atomic mass is 9.89. The Morgan fingerprint density at radius 2 is 1.93 bits per heavy atom. The van der Waals surface area contributed by atoms with E-state index in [1.165, 1.54) is 0 Å². The maximum Gasteiger partial charge on any atom is 0.263 e. The molecule has 4 nitrogen and oxygen atoms in total. The fourth-order valence-corrected chi connectivity index (χ4v) is 2.16. The molecule has 1 aliphatic rings. The van der Waals surface area contributed by atoms with Gasteiger partial charge in [0.15, 0.2) is 0 Å². The van der Waals surface area contributed by atoms with Crippen LogP contribution in [0.3, 0.4) is 0 Å². The van der Waals surface area contributed by atoms with E-state index in [4.69, 9.17) is 20.9 Å². The molecular formula is C9H13ClN2O2. The van der Waals surface area contributed by atoms with Gasteiger partial charge in [-0.3, -0.25) is 0 Å². The van der Waals surface area contributed by atoms with Crippen molar-refractivity contribution >= 4 is 11.6 Å². The highest BCUT2D eigenvalue weighted by atomic mass is 35.5. The second-order valence-corrected chi connectivity index (χ2v) is 4.17. The van der Waals surface area contributed by atoms with Gasteiger partial charge in [0.2, 0.25) is 5.89 Å². The minimum absolute atomic E-state index is 0.108. The van der Waals surface area contributed by atoms with Crippen molar-refractivity contribution in [3.8, 4) is 0 Å². The summed E-state index contributed by atoms with van der Waals surface area (Å²) in [6.07, 6.45) is 0.331. The van der Waals surface area contributed by atoms with Gasteiger partial charge in [-0.1, -0.05) is 6.92 Å². The van der Waals surface area contributed by atoms with Gasteiger partial charge in [0.25, 0.3) is 5.28 Å². The number of hydrogen-bond acceptors (Lipinski definition) is 4. The van der Waals surface area contributed by atoms with Crippen LogP contribution in [-0.4, -0.2) is 22.3 Å². The number of rotatable bonds is 1. The third-order valence-corrected chi connectivity index (χ3v) is 3.10. The molecule has 0 saturated carbocycles. The second-order valence-electron chi connectivity index (χ2n) is 3.83. The Bertz CT molecular complexity index is 328. The van der Waals surface area contributed by atoms with Crippen LogP contribution in [0, 0.1) is 5.92 Å². The summed E-state index contributed by atoms with van der Waals surface area (Å²) < 4.78 is 10.7. The molecule has 1 aromatic heterocycles. The number of aromatic nitrogens is 2. The average Bonchev–Trinajstić information content (AvgIpc) is 2.60. The first kappa shape index (κ1) is 9.93. The highest BCUT2D eigenvalue weighted by Crippen LogP contribution is 2.39. The molecule has 2 rings (SSSR count). The smallest absolute Gasteiger partial charge is 0.263 e. The van der Waals surface area contributed by atoms with Crippen LogP contribution in [0.25, 0.3) is 0 Å². The monoisotopic (exact) mass is 216 g/mol. The second kappa shape index (κ2) is 3.51. The highest BCUT2D eigenvalue weighted by Gasteiger charge is 2.41. The van der Waals surface area contributed by atoms with Gasteiger partial charge in [0.05, 0.1) is 18.1 Å². The van der Waals surface area contributed by atoms with Gasteiger partial charge >= 0.3 is 0 Å². The molecule has 1 aliphatic heterocycles. The van der Waals surface area contributed by atoms with E-state index in [2.05, 4.69) is 24.0 Å². The fourth-order valence-electron chi connectivity index (χ4n) is 2.04. The van der Waals surface area contributed by atoms with E-state index in [1.807, 2.05) is 6.92 Å². The molecule has 5 heteroatoms. The number of nitrogens with zero attached hydrogens (tertiary/aromatic N) is 2. The molecule has 0 radical (unpaired) electrons. The van der Waals surface area contributed by atoms with Gasteiger partial charge in [-0.05, 0) is 36.5 Å². The van der Waals surface area contributed by atoms with Crippen molar-refractivity contribution in [1.82, 2.24) is 10.1 Å². The molecule has 0 spiro atoms. The van der Waals surface area contributed by atoms with Gasteiger partial charge < -0.3 is 9.26 Å². The topological polar surface area (TPSA) is 48.2 Å². The van der Waals surface area contributed by atoms with Gasteiger partial charge in [-0.25, -0.2) is 0 Å². The summed E-state index contributed by atoms with van der Waals surface area (Å²) in [5.41, 5.74) is 0. The summed E-state index contributed by atoms with van der Waals surface area (Å²) in [7, 11) is 0. The number of hydrogen-bond donors (Lipinski definition) is 0. The average molecular weight is 217 g/mol. The first-order valence-electron chi connectivity index (χ1n) is 4.74. The van der Waals surface area contributed by atoms with Crippen LogP contribution in [0.4, 0.5) is 0 Å². The zero-order valence-electron chi connectivity index (χ0n) is 8.40. The lowest BCUT2D eigenvalue weighted by Crippen LogP contribution is -2.15. The maximum atomic E-state index is 5.68. The van der Waals surface area contributed by atoms with Crippen molar-refractivity contribution < 1.29 is 9.26 Å². The minimum atomic E-state index is 0.108. The van der Waals surface area contributed by atoms with Crippen LogP contribution in [-0.2, 0) is 4.74 Å². The van der Waals surface area contributed by atoms with Crippen molar-refractivity contribution in [2.45, 2.75) is 38.9 Å². The molecule has 0 N–H and O–H groups in total. The van der Waals surface area contributed by atoms with Gasteiger partial charge in [0, 0.05) is 0 Å². The number of halogens is 1. The third-order valence-electron chi connectivity index (χ3n) is 2.94. The van der Waals surface area contributed by atoms with Crippen molar-refractivity contribution in [2.75, 3.05) is 0 Å². The molecule has 2 heterocycles.